The number of nitrogens with one attached hydrogen (secondary N) is 1. The predicted molar refractivity (Wildman–Crippen MR) is 103 cm³/mol. The van der Waals surface area contributed by atoms with Crippen LogP contribution in [-0.2, 0) is 19.6 Å². The number of rotatable bonds is 5. The summed E-state index contributed by atoms with van der Waals surface area (Å²) in [5, 5.41) is 3.04. The molecular formula is C19H27N3O5S. The first-order chi connectivity index (χ1) is 13.4. The highest BCUT2D eigenvalue weighted by atomic mass is 32.2. The molecule has 1 saturated carbocycles. The zero-order valence-electron chi connectivity index (χ0n) is 15.7. The van der Waals surface area contributed by atoms with Crippen molar-refractivity contribution < 1.29 is 22.7 Å². The predicted octanol–water partition coefficient (Wildman–Crippen LogP) is 1.61. The van der Waals surface area contributed by atoms with Crippen LogP contribution in [0.2, 0.25) is 0 Å². The summed E-state index contributed by atoms with van der Waals surface area (Å²) in [6.45, 7) is 0.625. The SMILES string of the molecule is NC(=O)O[C@H]1CC[C@H](NC(=O)[C@H]2CCCN(S(=O)(=O)c3ccccc3)C2)CC1. The lowest BCUT2D eigenvalue weighted by Crippen LogP contribution is -2.48. The number of nitrogens with zero attached hydrogens (tertiary/aromatic N) is 1. The van der Waals surface area contributed by atoms with Gasteiger partial charge in [0.15, 0.2) is 0 Å². The lowest BCUT2D eigenvalue weighted by Gasteiger charge is -2.33. The van der Waals surface area contributed by atoms with Crippen LogP contribution in [0.5, 0.6) is 0 Å². The molecule has 28 heavy (non-hydrogen) atoms. The Labute approximate surface area is 165 Å². The first-order valence-corrected chi connectivity index (χ1v) is 11.1. The van der Waals surface area contributed by atoms with Gasteiger partial charge in [-0.2, -0.15) is 4.31 Å². The van der Waals surface area contributed by atoms with E-state index in [0.717, 1.165) is 0 Å². The highest BCUT2D eigenvalue weighted by Gasteiger charge is 2.34. The molecule has 0 spiro atoms. The summed E-state index contributed by atoms with van der Waals surface area (Å²) < 4.78 is 32.0. The van der Waals surface area contributed by atoms with Gasteiger partial charge in [0.2, 0.25) is 15.9 Å². The third-order valence-electron chi connectivity index (χ3n) is 5.44. The molecule has 1 aliphatic carbocycles. The van der Waals surface area contributed by atoms with Gasteiger partial charge in [0.1, 0.15) is 6.10 Å². The molecule has 0 radical (unpaired) electrons. The van der Waals surface area contributed by atoms with E-state index in [1.165, 1.54) is 4.31 Å². The fraction of sp³-hybridized carbons (Fsp3) is 0.579. The number of carbonyl (C=O) groups is 2. The molecule has 2 fully saturated rings. The molecule has 2 aliphatic rings. The van der Waals surface area contributed by atoms with Gasteiger partial charge in [-0.3, -0.25) is 4.79 Å². The molecular weight excluding hydrogens is 382 g/mol. The summed E-state index contributed by atoms with van der Waals surface area (Å²) in [6, 6.07) is 8.33. The molecule has 154 valence electrons. The maximum absolute atomic E-state index is 12.8. The monoisotopic (exact) mass is 409 g/mol. The first kappa shape index (κ1) is 20.6. The summed E-state index contributed by atoms with van der Waals surface area (Å²) in [4.78, 5) is 23.8. The zero-order chi connectivity index (χ0) is 20.1. The number of carbonyl (C=O) groups excluding carboxylic acids is 2. The topological polar surface area (TPSA) is 119 Å². The van der Waals surface area contributed by atoms with Crippen LogP contribution < -0.4 is 11.1 Å². The smallest absolute Gasteiger partial charge is 0.404 e. The van der Waals surface area contributed by atoms with Crippen LogP contribution in [-0.4, -0.2) is 50.0 Å². The Kier molecular flexibility index (Phi) is 6.56. The largest absolute Gasteiger partial charge is 0.446 e. The van der Waals surface area contributed by atoms with Gasteiger partial charge in [-0.25, -0.2) is 13.2 Å². The van der Waals surface area contributed by atoms with Crippen LogP contribution in [0.4, 0.5) is 4.79 Å². The maximum atomic E-state index is 12.8. The highest BCUT2D eigenvalue weighted by molar-refractivity contribution is 7.89. The second-order valence-corrected chi connectivity index (χ2v) is 9.37. The molecule has 1 aromatic carbocycles. The van der Waals surface area contributed by atoms with Gasteiger partial charge in [-0.1, -0.05) is 18.2 Å². The Morgan fingerprint density at radius 1 is 1.07 bits per heavy atom. The van der Waals surface area contributed by atoms with Gasteiger partial charge < -0.3 is 15.8 Å². The molecule has 8 nitrogen and oxygen atoms in total. The van der Waals surface area contributed by atoms with Gasteiger partial charge in [-0.05, 0) is 50.7 Å². The van der Waals surface area contributed by atoms with Gasteiger partial charge in [0, 0.05) is 19.1 Å². The summed E-state index contributed by atoms with van der Waals surface area (Å²) >= 11 is 0. The molecule has 1 aliphatic heterocycles. The van der Waals surface area contributed by atoms with E-state index in [2.05, 4.69) is 5.32 Å². The van der Waals surface area contributed by atoms with Crippen LogP contribution in [0.1, 0.15) is 38.5 Å². The van der Waals surface area contributed by atoms with E-state index in [1.54, 1.807) is 30.3 Å². The van der Waals surface area contributed by atoms with Crippen LogP contribution in [0.3, 0.4) is 0 Å². The van der Waals surface area contributed by atoms with Gasteiger partial charge >= 0.3 is 6.09 Å². The Balaban J connectivity index is 1.54. The van der Waals surface area contributed by atoms with Crippen LogP contribution in [0.25, 0.3) is 0 Å². The number of hydrogen-bond donors (Lipinski definition) is 2. The van der Waals surface area contributed by atoms with E-state index in [-0.39, 0.29) is 35.4 Å². The molecule has 2 amide bonds. The van der Waals surface area contributed by atoms with Crippen LogP contribution in [0.15, 0.2) is 35.2 Å². The van der Waals surface area contributed by atoms with E-state index in [4.69, 9.17) is 10.5 Å². The van der Waals surface area contributed by atoms with Crippen molar-refractivity contribution >= 4 is 22.0 Å². The second kappa shape index (κ2) is 8.91. The minimum absolute atomic E-state index is 0.0151. The lowest BCUT2D eigenvalue weighted by atomic mass is 9.91. The number of sulfonamides is 1. The summed E-state index contributed by atoms with van der Waals surface area (Å²) in [5.41, 5.74) is 5.04. The maximum Gasteiger partial charge on any atom is 0.404 e. The van der Waals surface area contributed by atoms with E-state index >= 15 is 0 Å². The molecule has 0 bridgehead atoms. The Bertz CT molecular complexity index is 791. The lowest BCUT2D eigenvalue weighted by molar-refractivity contribution is -0.127. The minimum atomic E-state index is -3.59. The number of benzene rings is 1. The molecule has 1 aromatic rings. The third kappa shape index (κ3) is 5.02. The Hall–Kier alpha value is -2.13. The third-order valence-corrected chi connectivity index (χ3v) is 7.32. The van der Waals surface area contributed by atoms with Crippen LogP contribution >= 0.6 is 0 Å². The molecule has 1 saturated heterocycles. The fourth-order valence-corrected chi connectivity index (χ4v) is 5.47. The number of nitrogens with two attached hydrogens (primary N) is 1. The van der Waals surface area contributed by atoms with Gasteiger partial charge in [-0.15, -0.1) is 0 Å². The van der Waals surface area contributed by atoms with Gasteiger partial charge in [0.25, 0.3) is 0 Å². The van der Waals surface area contributed by atoms with Crippen molar-refractivity contribution in [2.45, 2.75) is 55.6 Å². The Morgan fingerprint density at radius 3 is 2.39 bits per heavy atom. The van der Waals surface area contributed by atoms with Crippen LogP contribution in [0, 0.1) is 5.92 Å². The minimum Gasteiger partial charge on any atom is -0.446 e. The van der Waals surface area contributed by atoms with E-state index in [1.807, 2.05) is 0 Å². The van der Waals surface area contributed by atoms with E-state index < -0.39 is 16.1 Å². The van der Waals surface area contributed by atoms with Crippen molar-refractivity contribution in [1.29, 1.82) is 0 Å². The zero-order valence-corrected chi connectivity index (χ0v) is 16.6. The van der Waals surface area contributed by atoms with Crippen molar-refractivity contribution in [1.82, 2.24) is 9.62 Å². The quantitative estimate of drug-likeness (QED) is 0.766. The average molecular weight is 410 g/mol. The average Bonchev–Trinajstić information content (AvgIpc) is 2.70. The standard InChI is InChI=1S/C19H27N3O5S/c20-19(24)27-16-10-8-15(9-11-16)21-18(23)14-5-4-12-22(13-14)28(25,26)17-6-2-1-3-7-17/h1-3,6-7,14-16H,4-5,8-13H2,(H2,20,24)(H,21,23)/t14-,15-,16-/m0/s1. The first-order valence-electron chi connectivity index (χ1n) is 9.68. The number of primary amides is 1. The van der Waals surface area contributed by atoms with Gasteiger partial charge in [0.05, 0.1) is 10.8 Å². The van der Waals surface area contributed by atoms with Crippen molar-refractivity contribution in [2.75, 3.05) is 13.1 Å². The van der Waals surface area contributed by atoms with Crippen molar-refractivity contribution in [3.8, 4) is 0 Å². The normalized spacial score (nSPS) is 26.4. The molecule has 0 aromatic heterocycles. The molecule has 3 N–H and O–H groups in total. The van der Waals surface area contributed by atoms with Crippen molar-refractivity contribution in [3.63, 3.8) is 0 Å². The second-order valence-electron chi connectivity index (χ2n) is 7.43. The number of ether oxygens (including phenoxy) is 1. The molecule has 3 rings (SSSR count). The molecule has 1 heterocycles. The highest BCUT2D eigenvalue weighted by Crippen LogP contribution is 2.25. The molecule has 9 heteroatoms. The summed E-state index contributed by atoms with van der Waals surface area (Å²) in [7, 11) is -3.59. The fourth-order valence-electron chi connectivity index (χ4n) is 3.92. The van der Waals surface area contributed by atoms with E-state index in [9.17, 15) is 18.0 Å². The summed E-state index contributed by atoms with van der Waals surface area (Å²) in [5.74, 6) is -0.459. The summed E-state index contributed by atoms with van der Waals surface area (Å²) in [6.07, 6.45) is 3.11. The van der Waals surface area contributed by atoms with Crippen molar-refractivity contribution in [3.05, 3.63) is 30.3 Å². The number of amides is 2. The molecule has 0 unspecified atom stereocenters. The Morgan fingerprint density at radius 2 is 1.75 bits per heavy atom. The number of piperidine rings is 1. The number of hydrogen-bond acceptors (Lipinski definition) is 5. The van der Waals surface area contributed by atoms with Crippen molar-refractivity contribution in [2.24, 2.45) is 11.7 Å². The molecule has 1 atom stereocenters. The van der Waals surface area contributed by atoms with E-state index in [0.29, 0.717) is 45.1 Å².